The molecule has 4 heteroatoms. The smallest absolute Gasteiger partial charge is 0.223 e. The summed E-state index contributed by atoms with van der Waals surface area (Å²) >= 11 is 5.52. The van der Waals surface area contributed by atoms with Gasteiger partial charge in [-0.3, -0.25) is 4.79 Å². The van der Waals surface area contributed by atoms with Gasteiger partial charge >= 0.3 is 0 Å². The predicted octanol–water partition coefficient (Wildman–Crippen LogP) is 1.50. The highest BCUT2D eigenvalue weighted by molar-refractivity contribution is 6.18. The standard InChI is InChI=1S/C10H18ClNO2/c1-12(10(13)2-5-11)8-9-3-6-14-7-4-9/h9H,2-8H2,1H3. The Morgan fingerprint density at radius 2 is 2.14 bits per heavy atom. The molecular weight excluding hydrogens is 202 g/mol. The fourth-order valence-electron chi connectivity index (χ4n) is 1.69. The van der Waals surface area contributed by atoms with Crippen molar-refractivity contribution >= 4 is 17.5 Å². The van der Waals surface area contributed by atoms with Gasteiger partial charge < -0.3 is 9.64 Å². The lowest BCUT2D eigenvalue weighted by Crippen LogP contribution is -2.34. The zero-order valence-corrected chi connectivity index (χ0v) is 9.42. The second kappa shape index (κ2) is 6.25. The molecule has 1 amide bonds. The van der Waals surface area contributed by atoms with E-state index in [1.807, 2.05) is 7.05 Å². The van der Waals surface area contributed by atoms with Crippen molar-refractivity contribution in [1.82, 2.24) is 4.90 Å². The molecule has 0 unspecified atom stereocenters. The molecule has 0 spiro atoms. The second-order valence-electron chi connectivity index (χ2n) is 3.77. The SMILES string of the molecule is CN(CC1CCOCC1)C(=O)CCCl. The van der Waals surface area contributed by atoms with Crippen molar-refractivity contribution < 1.29 is 9.53 Å². The first kappa shape index (κ1) is 11.8. The average Bonchev–Trinajstić information content (AvgIpc) is 2.19. The molecule has 0 saturated carbocycles. The fraction of sp³-hybridized carbons (Fsp3) is 0.900. The van der Waals surface area contributed by atoms with Gasteiger partial charge in [-0.25, -0.2) is 0 Å². The zero-order valence-electron chi connectivity index (χ0n) is 8.67. The molecule has 1 fully saturated rings. The van der Waals surface area contributed by atoms with Crippen LogP contribution < -0.4 is 0 Å². The minimum atomic E-state index is 0.145. The summed E-state index contributed by atoms with van der Waals surface area (Å²) in [5.41, 5.74) is 0. The first-order chi connectivity index (χ1) is 6.74. The molecular formula is C10H18ClNO2. The molecule has 0 radical (unpaired) electrons. The van der Waals surface area contributed by atoms with Crippen LogP contribution >= 0.6 is 11.6 Å². The van der Waals surface area contributed by atoms with Crippen LogP contribution in [0.5, 0.6) is 0 Å². The van der Waals surface area contributed by atoms with E-state index in [1.165, 1.54) is 0 Å². The van der Waals surface area contributed by atoms with Gasteiger partial charge in [-0.15, -0.1) is 11.6 Å². The van der Waals surface area contributed by atoms with Crippen molar-refractivity contribution in [2.24, 2.45) is 5.92 Å². The van der Waals surface area contributed by atoms with Crippen LogP contribution in [0.25, 0.3) is 0 Å². The van der Waals surface area contributed by atoms with Crippen LogP contribution in [-0.2, 0) is 9.53 Å². The average molecular weight is 220 g/mol. The molecule has 3 nitrogen and oxygen atoms in total. The molecule has 0 aromatic carbocycles. The lowest BCUT2D eigenvalue weighted by Gasteiger charge is -2.27. The van der Waals surface area contributed by atoms with Crippen molar-refractivity contribution in [2.75, 3.05) is 32.7 Å². The van der Waals surface area contributed by atoms with Gasteiger partial charge in [-0.05, 0) is 18.8 Å². The lowest BCUT2D eigenvalue weighted by atomic mass is 10.00. The minimum Gasteiger partial charge on any atom is -0.381 e. The van der Waals surface area contributed by atoms with Crippen molar-refractivity contribution in [2.45, 2.75) is 19.3 Å². The van der Waals surface area contributed by atoms with Gasteiger partial charge in [0.2, 0.25) is 5.91 Å². The van der Waals surface area contributed by atoms with E-state index >= 15 is 0 Å². The first-order valence-corrected chi connectivity index (χ1v) is 5.65. The van der Waals surface area contributed by atoms with E-state index < -0.39 is 0 Å². The molecule has 1 aliphatic rings. The molecule has 0 aromatic heterocycles. The summed E-state index contributed by atoms with van der Waals surface area (Å²) in [7, 11) is 1.85. The van der Waals surface area contributed by atoms with Crippen LogP contribution in [0, 0.1) is 5.92 Å². The number of rotatable bonds is 4. The molecule has 14 heavy (non-hydrogen) atoms. The number of ether oxygens (including phenoxy) is 1. The third-order valence-electron chi connectivity index (χ3n) is 2.61. The maximum absolute atomic E-state index is 11.4. The molecule has 1 aliphatic heterocycles. The van der Waals surface area contributed by atoms with E-state index in [9.17, 15) is 4.79 Å². The van der Waals surface area contributed by atoms with Crippen molar-refractivity contribution in [3.63, 3.8) is 0 Å². The van der Waals surface area contributed by atoms with E-state index in [-0.39, 0.29) is 5.91 Å². The van der Waals surface area contributed by atoms with Gasteiger partial charge in [0.15, 0.2) is 0 Å². The summed E-state index contributed by atoms with van der Waals surface area (Å²) < 4.78 is 5.26. The number of carbonyl (C=O) groups excluding carboxylic acids is 1. The Morgan fingerprint density at radius 1 is 1.50 bits per heavy atom. The van der Waals surface area contributed by atoms with E-state index in [0.29, 0.717) is 18.2 Å². The van der Waals surface area contributed by atoms with E-state index in [4.69, 9.17) is 16.3 Å². The topological polar surface area (TPSA) is 29.5 Å². The highest BCUT2D eigenvalue weighted by Crippen LogP contribution is 2.15. The molecule has 82 valence electrons. The number of carbonyl (C=O) groups is 1. The maximum atomic E-state index is 11.4. The summed E-state index contributed by atoms with van der Waals surface area (Å²) in [6.45, 7) is 2.52. The molecule has 0 atom stereocenters. The Labute approximate surface area is 90.4 Å². The van der Waals surface area contributed by atoms with Crippen LogP contribution in [-0.4, -0.2) is 43.5 Å². The first-order valence-electron chi connectivity index (χ1n) is 5.11. The minimum absolute atomic E-state index is 0.145. The normalized spacial score (nSPS) is 18.1. The lowest BCUT2D eigenvalue weighted by molar-refractivity contribution is -0.130. The third-order valence-corrected chi connectivity index (χ3v) is 2.80. The number of amides is 1. The van der Waals surface area contributed by atoms with Gasteiger partial charge in [-0.1, -0.05) is 0 Å². The summed E-state index contributed by atoms with van der Waals surface area (Å²) in [5, 5.41) is 0. The zero-order chi connectivity index (χ0) is 10.4. The third kappa shape index (κ3) is 3.84. The van der Waals surface area contributed by atoms with Crippen LogP contribution in [0.3, 0.4) is 0 Å². The Bertz CT molecular complexity index is 181. The molecule has 1 heterocycles. The summed E-state index contributed by atoms with van der Waals surface area (Å²) in [5.74, 6) is 1.16. The predicted molar refractivity (Wildman–Crippen MR) is 56.5 cm³/mol. The number of nitrogens with zero attached hydrogens (tertiary/aromatic N) is 1. The fourth-order valence-corrected chi connectivity index (χ4v) is 1.85. The number of hydrogen-bond donors (Lipinski definition) is 0. The van der Waals surface area contributed by atoms with Gasteiger partial charge in [0, 0.05) is 39.1 Å². The van der Waals surface area contributed by atoms with Gasteiger partial charge in [0.1, 0.15) is 0 Å². The Balaban J connectivity index is 2.24. The summed E-state index contributed by atoms with van der Waals surface area (Å²) in [6, 6.07) is 0. The Hall–Kier alpha value is -0.280. The van der Waals surface area contributed by atoms with Crippen LogP contribution in [0.15, 0.2) is 0 Å². The van der Waals surface area contributed by atoms with Crippen LogP contribution in [0.4, 0.5) is 0 Å². The monoisotopic (exact) mass is 219 g/mol. The highest BCUT2D eigenvalue weighted by atomic mass is 35.5. The van der Waals surface area contributed by atoms with E-state index in [2.05, 4.69) is 0 Å². The van der Waals surface area contributed by atoms with Crippen LogP contribution in [0.1, 0.15) is 19.3 Å². The summed E-state index contributed by atoms with van der Waals surface area (Å²) in [4.78, 5) is 13.2. The number of hydrogen-bond acceptors (Lipinski definition) is 2. The summed E-state index contributed by atoms with van der Waals surface area (Å²) in [6.07, 6.45) is 2.58. The van der Waals surface area contributed by atoms with Crippen molar-refractivity contribution in [3.05, 3.63) is 0 Å². The molecule has 0 aromatic rings. The molecule has 1 rings (SSSR count). The Kier molecular flexibility index (Phi) is 5.26. The highest BCUT2D eigenvalue weighted by Gasteiger charge is 2.17. The quantitative estimate of drug-likeness (QED) is 0.671. The van der Waals surface area contributed by atoms with Gasteiger partial charge in [0.05, 0.1) is 0 Å². The molecule has 0 N–H and O–H groups in total. The van der Waals surface area contributed by atoms with E-state index in [1.54, 1.807) is 4.90 Å². The molecule has 0 aliphatic carbocycles. The van der Waals surface area contributed by atoms with Gasteiger partial charge in [-0.2, -0.15) is 0 Å². The molecule has 1 saturated heterocycles. The molecule has 0 bridgehead atoms. The maximum Gasteiger partial charge on any atom is 0.223 e. The largest absolute Gasteiger partial charge is 0.381 e. The number of halogens is 1. The number of alkyl halides is 1. The second-order valence-corrected chi connectivity index (χ2v) is 4.15. The Morgan fingerprint density at radius 3 is 2.71 bits per heavy atom. The van der Waals surface area contributed by atoms with Crippen molar-refractivity contribution in [1.29, 1.82) is 0 Å². The van der Waals surface area contributed by atoms with E-state index in [0.717, 1.165) is 32.6 Å². The van der Waals surface area contributed by atoms with Crippen LogP contribution in [0.2, 0.25) is 0 Å². The van der Waals surface area contributed by atoms with Gasteiger partial charge in [0.25, 0.3) is 0 Å². The van der Waals surface area contributed by atoms with Crippen molar-refractivity contribution in [3.8, 4) is 0 Å².